The molecule has 1 saturated heterocycles. The predicted molar refractivity (Wildman–Crippen MR) is 101 cm³/mol. The van der Waals surface area contributed by atoms with Crippen LogP contribution in [-0.2, 0) is 9.59 Å². The van der Waals surface area contributed by atoms with Crippen molar-refractivity contribution in [3.8, 4) is 11.3 Å². The summed E-state index contributed by atoms with van der Waals surface area (Å²) in [7, 11) is 0. The van der Waals surface area contributed by atoms with Crippen molar-refractivity contribution in [3.63, 3.8) is 0 Å². The normalized spacial score (nSPS) is 14.9. The van der Waals surface area contributed by atoms with Crippen LogP contribution in [0.1, 0.15) is 6.92 Å². The summed E-state index contributed by atoms with van der Waals surface area (Å²) in [5, 5.41) is 2.80. The van der Waals surface area contributed by atoms with E-state index in [-0.39, 0.29) is 18.4 Å². The molecule has 7 nitrogen and oxygen atoms in total. The number of rotatable bonds is 4. The zero-order valence-electron chi connectivity index (χ0n) is 14.8. The third kappa shape index (κ3) is 4.37. The Bertz CT molecular complexity index is 786. The van der Waals surface area contributed by atoms with E-state index in [0.717, 1.165) is 11.3 Å². The van der Waals surface area contributed by atoms with E-state index < -0.39 is 0 Å². The van der Waals surface area contributed by atoms with Crippen molar-refractivity contribution in [1.29, 1.82) is 0 Å². The van der Waals surface area contributed by atoms with Crippen LogP contribution in [0.5, 0.6) is 0 Å². The molecule has 0 atom stereocenters. The predicted octanol–water partition coefficient (Wildman–Crippen LogP) is 1.43. The first kappa shape index (κ1) is 17.9. The molecule has 26 heavy (non-hydrogen) atoms. The van der Waals surface area contributed by atoms with E-state index in [1.54, 1.807) is 17.9 Å². The van der Waals surface area contributed by atoms with Gasteiger partial charge < -0.3 is 16.0 Å². The average Bonchev–Trinajstić information content (AvgIpc) is 2.64. The molecule has 1 aromatic carbocycles. The van der Waals surface area contributed by atoms with Crippen molar-refractivity contribution >= 4 is 23.3 Å². The molecule has 1 aliphatic heterocycles. The number of pyridine rings is 1. The molecule has 0 spiro atoms. The largest absolute Gasteiger partial charge is 0.396 e. The van der Waals surface area contributed by atoms with Gasteiger partial charge in [-0.05, 0) is 12.1 Å². The van der Waals surface area contributed by atoms with Crippen molar-refractivity contribution in [1.82, 2.24) is 14.8 Å². The molecule has 2 heterocycles. The van der Waals surface area contributed by atoms with Gasteiger partial charge in [-0.2, -0.15) is 0 Å². The summed E-state index contributed by atoms with van der Waals surface area (Å²) in [6.45, 7) is 4.47. The molecule has 0 saturated carbocycles. The number of hydrogen-bond donors (Lipinski definition) is 2. The van der Waals surface area contributed by atoms with Gasteiger partial charge in [0.1, 0.15) is 0 Å². The number of amides is 2. The Balaban J connectivity index is 1.62. The lowest BCUT2D eigenvalue weighted by Crippen LogP contribution is -2.49. The maximum atomic E-state index is 12.4. The molecular weight excluding hydrogens is 330 g/mol. The van der Waals surface area contributed by atoms with E-state index >= 15 is 0 Å². The Hall–Kier alpha value is -2.93. The van der Waals surface area contributed by atoms with E-state index in [1.165, 1.54) is 0 Å². The third-order valence-corrected chi connectivity index (χ3v) is 4.44. The number of nitrogens with two attached hydrogens (primary N) is 1. The summed E-state index contributed by atoms with van der Waals surface area (Å²) < 4.78 is 0. The van der Waals surface area contributed by atoms with Crippen molar-refractivity contribution in [3.05, 3.63) is 42.5 Å². The Kier molecular flexibility index (Phi) is 5.48. The fraction of sp³-hybridized carbons (Fsp3) is 0.316. The van der Waals surface area contributed by atoms with Crippen molar-refractivity contribution in [2.75, 3.05) is 43.8 Å². The van der Waals surface area contributed by atoms with Crippen LogP contribution < -0.4 is 11.1 Å². The van der Waals surface area contributed by atoms with Crippen LogP contribution in [0.2, 0.25) is 0 Å². The quantitative estimate of drug-likeness (QED) is 0.868. The molecule has 0 bridgehead atoms. The molecule has 1 fully saturated rings. The SMILES string of the molecule is CC(=O)N1CCN(CC(=O)Nc2nc(-c3ccccc3)ccc2N)CC1. The standard InChI is InChI=1S/C19H23N5O2/c1-14(25)24-11-9-23(10-12-24)13-18(26)22-19-16(20)7-8-17(21-19)15-5-3-2-4-6-15/h2-8H,9-13,20H2,1H3,(H,21,22,26). The molecule has 2 aromatic rings. The van der Waals surface area contributed by atoms with Crippen LogP contribution in [0.15, 0.2) is 42.5 Å². The third-order valence-electron chi connectivity index (χ3n) is 4.44. The van der Waals surface area contributed by atoms with Crippen LogP contribution in [0, 0.1) is 0 Å². The topological polar surface area (TPSA) is 91.6 Å². The summed E-state index contributed by atoms with van der Waals surface area (Å²) >= 11 is 0. The summed E-state index contributed by atoms with van der Waals surface area (Å²) in [4.78, 5) is 32.0. The molecule has 3 rings (SSSR count). The number of aromatic nitrogens is 1. The molecule has 1 aromatic heterocycles. The molecule has 2 amide bonds. The van der Waals surface area contributed by atoms with Gasteiger partial charge in [0.15, 0.2) is 5.82 Å². The second-order valence-electron chi connectivity index (χ2n) is 6.33. The highest BCUT2D eigenvalue weighted by atomic mass is 16.2. The monoisotopic (exact) mass is 353 g/mol. The molecule has 0 unspecified atom stereocenters. The van der Waals surface area contributed by atoms with Gasteiger partial charge in [0.25, 0.3) is 0 Å². The fourth-order valence-corrected chi connectivity index (χ4v) is 2.94. The highest BCUT2D eigenvalue weighted by molar-refractivity contribution is 5.94. The maximum absolute atomic E-state index is 12.4. The van der Waals surface area contributed by atoms with E-state index in [0.29, 0.717) is 37.7 Å². The summed E-state index contributed by atoms with van der Waals surface area (Å²) in [5.74, 6) is 0.285. The Morgan fingerprint density at radius 3 is 2.42 bits per heavy atom. The number of carbonyl (C=O) groups excluding carboxylic acids is 2. The number of nitrogen functional groups attached to an aromatic ring is 1. The van der Waals surface area contributed by atoms with E-state index in [1.807, 2.05) is 41.3 Å². The van der Waals surface area contributed by atoms with Gasteiger partial charge in [-0.15, -0.1) is 0 Å². The minimum absolute atomic E-state index is 0.0730. The van der Waals surface area contributed by atoms with Gasteiger partial charge in [-0.3, -0.25) is 14.5 Å². The summed E-state index contributed by atoms with van der Waals surface area (Å²) in [5.41, 5.74) is 8.11. The Morgan fingerprint density at radius 2 is 1.77 bits per heavy atom. The first-order chi connectivity index (χ1) is 12.5. The van der Waals surface area contributed by atoms with Crippen LogP contribution in [-0.4, -0.2) is 59.3 Å². The van der Waals surface area contributed by atoms with Gasteiger partial charge >= 0.3 is 0 Å². The number of nitrogens with zero attached hydrogens (tertiary/aromatic N) is 3. The molecule has 3 N–H and O–H groups in total. The minimum Gasteiger partial charge on any atom is -0.396 e. The smallest absolute Gasteiger partial charge is 0.239 e. The van der Waals surface area contributed by atoms with E-state index in [4.69, 9.17) is 5.73 Å². The van der Waals surface area contributed by atoms with Crippen LogP contribution >= 0.6 is 0 Å². The maximum Gasteiger partial charge on any atom is 0.239 e. The number of piperazine rings is 1. The lowest BCUT2D eigenvalue weighted by molar-refractivity contribution is -0.130. The molecule has 0 aliphatic carbocycles. The number of benzene rings is 1. The van der Waals surface area contributed by atoms with Gasteiger partial charge in [0.2, 0.25) is 11.8 Å². The zero-order valence-corrected chi connectivity index (χ0v) is 14.8. The molecule has 0 radical (unpaired) electrons. The highest BCUT2D eigenvalue weighted by Crippen LogP contribution is 2.23. The van der Waals surface area contributed by atoms with Crippen molar-refractivity contribution < 1.29 is 9.59 Å². The Morgan fingerprint density at radius 1 is 1.08 bits per heavy atom. The van der Waals surface area contributed by atoms with Gasteiger partial charge in [-0.1, -0.05) is 30.3 Å². The second kappa shape index (κ2) is 7.97. The average molecular weight is 353 g/mol. The van der Waals surface area contributed by atoms with E-state index in [9.17, 15) is 9.59 Å². The first-order valence-electron chi connectivity index (χ1n) is 8.62. The first-order valence-corrected chi connectivity index (χ1v) is 8.62. The van der Waals surface area contributed by atoms with E-state index in [2.05, 4.69) is 10.3 Å². The summed E-state index contributed by atoms with van der Waals surface area (Å²) in [6.07, 6.45) is 0. The molecule has 7 heteroatoms. The number of carbonyl (C=O) groups is 2. The van der Waals surface area contributed by atoms with Crippen LogP contribution in [0.3, 0.4) is 0 Å². The molecular formula is C19H23N5O2. The molecule has 1 aliphatic rings. The van der Waals surface area contributed by atoms with Gasteiger partial charge in [0, 0.05) is 38.7 Å². The zero-order chi connectivity index (χ0) is 18.5. The second-order valence-corrected chi connectivity index (χ2v) is 6.33. The van der Waals surface area contributed by atoms with Crippen LogP contribution in [0.25, 0.3) is 11.3 Å². The van der Waals surface area contributed by atoms with Crippen LogP contribution in [0.4, 0.5) is 11.5 Å². The van der Waals surface area contributed by atoms with Gasteiger partial charge in [-0.25, -0.2) is 4.98 Å². The number of nitrogens with one attached hydrogen (secondary N) is 1. The number of anilines is 2. The lowest BCUT2D eigenvalue weighted by atomic mass is 10.1. The Labute approximate surface area is 152 Å². The fourth-order valence-electron chi connectivity index (χ4n) is 2.94. The lowest BCUT2D eigenvalue weighted by Gasteiger charge is -2.33. The number of hydrogen-bond acceptors (Lipinski definition) is 5. The minimum atomic E-state index is -0.161. The van der Waals surface area contributed by atoms with Crippen molar-refractivity contribution in [2.45, 2.75) is 6.92 Å². The summed E-state index contributed by atoms with van der Waals surface area (Å²) in [6, 6.07) is 13.3. The van der Waals surface area contributed by atoms with Gasteiger partial charge in [0.05, 0.1) is 17.9 Å². The van der Waals surface area contributed by atoms with Crippen molar-refractivity contribution in [2.24, 2.45) is 0 Å². The highest BCUT2D eigenvalue weighted by Gasteiger charge is 2.20. The molecule has 136 valence electrons.